The van der Waals surface area contributed by atoms with E-state index in [2.05, 4.69) is 37.4 Å². The fourth-order valence-corrected chi connectivity index (χ4v) is 2.81. The predicted molar refractivity (Wildman–Crippen MR) is 85.8 cm³/mol. The van der Waals surface area contributed by atoms with Crippen molar-refractivity contribution in [1.82, 2.24) is 0 Å². The van der Waals surface area contributed by atoms with Gasteiger partial charge in [-0.25, -0.2) is 0 Å². The van der Waals surface area contributed by atoms with E-state index in [0.29, 0.717) is 12.7 Å². The second kappa shape index (κ2) is 8.28. The fraction of sp³-hybridized carbons (Fsp3) is 0.667. The van der Waals surface area contributed by atoms with Crippen LogP contribution in [0.25, 0.3) is 0 Å². The van der Waals surface area contributed by atoms with E-state index in [1.165, 1.54) is 31.2 Å². The van der Waals surface area contributed by atoms with Crippen LogP contribution in [-0.2, 0) is 6.54 Å². The van der Waals surface area contributed by atoms with Crippen molar-refractivity contribution in [2.75, 3.05) is 13.2 Å². The molecule has 1 saturated carbocycles. The highest BCUT2D eigenvalue weighted by atomic mass is 16.5. The summed E-state index contributed by atoms with van der Waals surface area (Å²) in [5.41, 5.74) is 1.30. The summed E-state index contributed by atoms with van der Waals surface area (Å²) in [7, 11) is 0. The Kier molecular flexibility index (Phi) is 6.37. The van der Waals surface area contributed by atoms with Crippen LogP contribution in [0.1, 0.15) is 52.0 Å². The third kappa shape index (κ3) is 5.24. The molecule has 0 aliphatic heterocycles. The maximum atomic E-state index is 6.12. The molecule has 1 aromatic carbocycles. The van der Waals surface area contributed by atoms with Crippen LogP contribution in [0.15, 0.2) is 18.2 Å². The smallest absolute Gasteiger partial charge is 0.161 e. The summed E-state index contributed by atoms with van der Waals surface area (Å²) in [6, 6.07) is 6.40. The molecule has 0 aromatic heterocycles. The van der Waals surface area contributed by atoms with Gasteiger partial charge in [0.1, 0.15) is 6.54 Å². The van der Waals surface area contributed by atoms with Crippen LogP contribution < -0.4 is 14.8 Å². The second-order valence-electron chi connectivity index (χ2n) is 6.36. The van der Waals surface area contributed by atoms with Gasteiger partial charge in [0.15, 0.2) is 11.5 Å². The zero-order chi connectivity index (χ0) is 15.1. The van der Waals surface area contributed by atoms with Gasteiger partial charge in [0.05, 0.1) is 19.3 Å². The Bertz CT molecular complexity index is 425. The Morgan fingerprint density at radius 1 is 1.19 bits per heavy atom. The van der Waals surface area contributed by atoms with E-state index >= 15 is 0 Å². The van der Waals surface area contributed by atoms with Gasteiger partial charge < -0.3 is 14.8 Å². The molecule has 1 fully saturated rings. The molecule has 0 spiro atoms. The minimum atomic E-state index is 0.377. The molecule has 1 aliphatic rings. The van der Waals surface area contributed by atoms with Crippen molar-refractivity contribution in [3.63, 3.8) is 0 Å². The van der Waals surface area contributed by atoms with Gasteiger partial charge in [-0.1, -0.05) is 13.8 Å². The number of ether oxygens (including phenoxy) is 2. The molecule has 0 atom stereocenters. The summed E-state index contributed by atoms with van der Waals surface area (Å²) in [4.78, 5) is 0. The van der Waals surface area contributed by atoms with E-state index in [-0.39, 0.29) is 0 Å². The van der Waals surface area contributed by atoms with Crippen LogP contribution in [-0.4, -0.2) is 19.3 Å². The molecule has 0 radical (unpaired) electrons. The molecule has 1 aromatic rings. The maximum Gasteiger partial charge on any atom is 0.161 e. The molecule has 0 amide bonds. The lowest BCUT2D eigenvalue weighted by molar-refractivity contribution is -0.675. The summed E-state index contributed by atoms with van der Waals surface area (Å²) in [5, 5.41) is 2.35. The summed E-state index contributed by atoms with van der Waals surface area (Å²) in [6.45, 7) is 9.37. The molecule has 0 heterocycles. The average Bonchev–Trinajstić information content (AvgIpc) is 2.94. The Balaban J connectivity index is 1.99. The normalized spacial score (nSPS) is 15.6. The monoisotopic (exact) mass is 292 g/mol. The van der Waals surface area contributed by atoms with Crippen molar-refractivity contribution >= 4 is 0 Å². The number of hydrogen-bond acceptors (Lipinski definition) is 2. The third-order valence-electron chi connectivity index (χ3n) is 3.92. The zero-order valence-corrected chi connectivity index (χ0v) is 13.7. The minimum absolute atomic E-state index is 0.377. The summed E-state index contributed by atoms with van der Waals surface area (Å²) < 4.78 is 11.9. The predicted octanol–water partition coefficient (Wildman–Crippen LogP) is 3.13. The maximum absolute atomic E-state index is 6.12. The third-order valence-corrected chi connectivity index (χ3v) is 3.92. The number of quaternary nitrogens is 1. The molecular formula is C18H30NO2+. The van der Waals surface area contributed by atoms with E-state index < -0.39 is 0 Å². The first kappa shape index (κ1) is 16.2. The zero-order valence-electron chi connectivity index (χ0n) is 13.7. The molecule has 3 heteroatoms. The van der Waals surface area contributed by atoms with Crippen molar-refractivity contribution in [2.24, 2.45) is 5.92 Å². The number of hydrogen-bond donors (Lipinski definition) is 1. The van der Waals surface area contributed by atoms with Crippen LogP contribution >= 0.6 is 0 Å². The molecule has 0 bridgehead atoms. The topological polar surface area (TPSA) is 35.1 Å². The summed E-state index contributed by atoms with van der Waals surface area (Å²) in [5.74, 6) is 2.54. The van der Waals surface area contributed by atoms with Gasteiger partial charge in [0, 0.05) is 11.5 Å². The number of rotatable bonds is 8. The van der Waals surface area contributed by atoms with Crippen LogP contribution in [0.5, 0.6) is 11.5 Å². The number of nitrogens with two attached hydrogens (primary N) is 1. The summed E-state index contributed by atoms with van der Waals surface area (Å²) >= 11 is 0. The Morgan fingerprint density at radius 3 is 2.62 bits per heavy atom. The fourth-order valence-electron chi connectivity index (χ4n) is 2.81. The molecule has 21 heavy (non-hydrogen) atoms. The van der Waals surface area contributed by atoms with Gasteiger partial charge in [0.2, 0.25) is 0 Å². The molecule has 0 saturated heterocycles. The Labute approximate surface area is 129 Å². The standard InChI is InChI=1S/C18H29NO2/c1-4-20-18-11-15(13-19-12-14(2)3)9-10-17(18)21-16-7-5-6-8-16/h9-11,14,16,19H,4-8,12-13H2,1-3H3/p+1. The largest absolute Gasteiger partial charge is 0.490 e. The quantitative estimate of drug-likeness (QED) is 0.799. The van der Waals surface area contributed by atoms with E-state index in [9.17, 15) is 0 Å². The van der Waals surface area contributed by atoms with Crippen LogP contribution in [0.2, 0.25) is 0 Å². The SMILES string of the molecule is CCOc1cc(C[NH2+]CC(C)C)ccc1OC1CCCC1. The van der Waals surface area contributed by atoms with Gasteiger partial charge in [-0.05, 0) is 50.8 Å². The first-order valence-electron chi connectivity index (χ1n) is 8.43. The Hall–Kier alpha value is -1.22. The molecule has 3 nitrogen and oxygen atoms in total. The van der Waals surface area contributed by atoms with Gasteiger partial charge in [-0.2, -0.15) is 0 Å². The molecular weight excluding hydrogens is 262 g/mol. The van der Waals surface area contributed by atoms with Crippen molar-refractivity contribution in [1.29, 1.82) is 0 Å². The van der Waals surface area contributed by atoms with E-state index in [0.717, 1.165) is 30.5 Å². The van der Waals surface area contributed by atoms with E-state index in [1.54, 1.807) is 0 Å². The second-order valence-corrected chi connectivity index (χ2v) is 6.36. The lowest BCUT2D eigenvalue weighted by Crippen LogP contribution is -2.83. The van der Waals surface area contributed by atoms with Crippen LogP contribution in [0, 0.1) is 5.92 Å². The lowest BCUT2D eigenvalue weighted by atomic mass is 10.1. The summed E-state index contributed by atoms with van der Waals surface area (Å²) in [6.07, 6.45) is 5.31. The van der Waals surface area contributed by atoms with E-state index in [4.69, 9.17) is 9.47 Å². The van der Waals surface area contributed by atoms with Gasteiger partial charge in [-0.15, -0.1) is 0 Å². The number of benzene rings is 1. The van der Waals surface area contributed by atoms with Gasteiger partial charge in [-0.3, -0.25) is 0 Å². The highest BCUT2D eigenvalue weighted by Crippen LogP contribution is 2.32. The lowest BCUT2D eigenvalue weighted by Gasteiger charge is -2.17. The van der Waals surface area contributed by atoms with Crippen LogP contribution in [0.3, 0.4) is 0 Å². The first-order chi connectivity index (χ1) is 10.2. The molecule has 2 N–H and O–H groups in total. The molecule has 1 aliphatic carbocycles. The molecule has 2 rings (SSSR count). The van der Waals surface area contributed by atoms with Gasteiger partial charge in [0.25, 0.3) is 0 Å². The van der Waals surface area contributed by atoms with Gasteiger partial charge >= 0.3 is 0 Å². The Morgan fingerprint density at radius 2 is 1.95 bits per heavy atom. The van der Waals surface area contributed by atoms with Crippen molar-refractivity contribution in [2.45, 2.75) is 59.1 Å². The van der Waals surface area contributed by atoms with E-state index in [1.807, 2.05) is 6.92 Å². The average molecular weight is 292 g/mol. The highest BCUT2D eigenvalue weighted by Gasteiger charge is 2.18. The molecule has 0 unspecified atom stereocenters. The van der Waals surface area contributed by atoms with Crippen molar-refractivity contribution < 1.29 is 14.8 Å². The highest BCUT2D eigenvalue weighted by molar-refractivity contribution is 5.43. The molecule has 118 valence electrons. The van der Waals surface area contributed by atoms with Crippen LogP contribution in [0.4, 0.5) is 0 Å². The van der Waals surface area contributed by atoms with Crippen molar-refractivity contribution in [3.05, 3.63) is 23.8 Å². The minimum Gasteiger partial charge on any atom is -0.490 e. The first-order valence-corrected chi connectivity index (χ1v) is 8.43. The van der Waals surface area contributed by atoms with Crippen molar-refractivity contribution in [3.8, 4) is 11.5 Å².